The average molecular weight is 432 g/mol. The fourth-order valence-electron chi connectivity index (χ4n) is 2.65. The molecule has 0 heterocycles. The Kier molecular flexibility index (Phi) is 6.79. The minimum Gasteiger partial charge on any atom is -0.318 e. The Morgan fingerprint density at radius 2 is 1.37 bits per heavy atom. The van der Waals surface area contributed by atoms with Crippen LogP contribution in [-0.2, 0) is 21.9 Å². The zero-order chi connectivity index (χ0) is 22.7. The van der Waals surface area contributed by atoms with Gasteiger partial charge < -0.3 is 10.6 Å². The first-order chi connectivity index (χ1) is 13.8. The predicted molar refractivity (Wildman–Crippen MR) is 98.9 cm³/mol. The molecule has 0 radical (unpaired) electrons. The molecule has 4 nitrogen and oxygen atoms in total. The Morgan fingerprint density at radius 1 is 0.867 bits per heavy atom. The van der Waals surface area contributed by atoms with Crippen molar-refractivity contribution in [1.29, 1.82) is 0 Å². The van der Waals surface area contributed by atoms with Gasteiger partial charge in [0.2, 0.25) is 0 Å². The number of benzene rings is 2. The van der Waals surface area contributed by atoms with Crippen molar-refractivity contribution in [3.63, 3.8) is 0 Å². The Bertz CT molecular complexity index is 905. The summed E-state index contributed by atoms with van der Waals surface area (Å²) in [5.41, 5.74) is -2.94. The molecule has 1 atom stereocenters. The molecule has 0 bridgehead atoms. The van der Waals surface area contributed by atoms with Crippen LogP contribution >= 0.6 is 0 Å². The molecule has 0 aliphatic rings. The maximum absolute atomic E-state index is 12.9. The number of nitrogens with one attached hydrogen (secondary N) is 2. The summed E-state index contributed by atoms with van der Waals surface area (Å²) in [5, 5.41) is 4.14. The largest absolute Gasteiger partial charge is 0.416 e. The molecule has 2 N–H and O–H groups in total. The summed E-state index contributed by atoms with van der Waals surface area (Å²) in [4.78, 5) is 24.3. The molecule has 0 aliphatic carbocycles. The van der Waals surface area contributed by atoms with Crippen molar-refractivity contribution < 1.29 is 35.9 Å². The van der Waals surface area contributed by atoms with E-state index in [0.717, 1.165) is 12.0 Å². The molecule has 0 aromatic heterocycles. The van der Waals surface area contributed by atoms with Gasteiger partial charge in [-0.2, -0.15) is 26.3 Å². The Hall–Kier alpha value is -3.04. The van der Waals surface area contributed by atoms with Crippen molar-refractivity contribution in [2.75, 3.05) is 10.6 Å². The number of hydrogen-bond donors (Lipinski definition) is 2. The average Bonchev–Trinajstić information content (AvgIpc) is 2.66. The fraction of sp³-hybridized carbons (Fsp3) is 0.300. The van der Waals surface area contributed by atoms with Crippen LogP contribution in [-0.4, -0.2) is 11.8 Å². The van der Waals surface area contributed by atoms with Gasteiger partial charge in [-0.25, -0.2) is 0 Å². The summed E-state index contributed by atoms with van der Waals surface area (Å²) in [5.74, 6) is -2.58. The van der Waals surface area contributed by atoms with Gasteiger partial charge in [-0.15, -0.1) is 0 Å². The lowest BCUT2D eigenvalue weighted by atomic mass is 9.97. The van der Waals surface area contributed by atoms with Gasteiger partial charge in [0, 0.05) is 11.4 Å². The number of rotatable bonds is 4. The van der Waals surface area contributed by atoms with Gasteiger partial charge in [0.05, 0.1) is 11.1 Å². The lowest BCUT2D eigenvalue weighted by Gasteiger charge is -2.16. The van der Waals surface area contributed by atoms with E-state index in [-0.39, 0.29) is 12.0 Å². The summed E-state index contributed by atoms with van der Waals surface area (Å²) in [6.45, 7) is 3.81. The highest BCUT2D eigenvalue weighted by Gasteiger charge is 2.37. The van der Waals surface area contributed by atoms with Crippen LogP contribution < -0.4 is 10.6 Å². The Morgan fingerprint density at radius 3 is 1.87 bits per heavy atom. The summed E-state index contributed by atoms with van der Waals surface area (Å²) >= 11 is 0. The molecule has 0 saturated heterocycles. The van der Waals surface area contributed by atoms with E-state index in [1.54, 1.807) is 29.6 Å². The quantitative estimate of drug-likeness (QED) is 0.473. The first-order valence-electron chi connectivity index (χ1n) is 8.83. The number of amides is 2. The van der Waals surface area contributed by atoms with Crippen molar-refractivity contribution in [1.82, 2.24) is 0 Å². The first-order valence-corrected chi connectivity index (χ1v) is 8.83. The molecule has 0 saturated carbocycles. The molecule has 0 spiro atoms. The Balaban J connectivity index is 2.27. The number of anilines is 2. The molecular formula is C20H18F6N2O2. The molecule has 10 heteroatoms. The molecule has 30 heavy (non-hydrogen) atoms. The third-order valence-corrected chi connectivity index (χ3v) is 4.40. The third-order valence-electron chi connectivity index (χ3n) is 4.40. The molecule has 2 amide bonds. The second-order valence-corrected chi connectivity index (χ2v) is 6.60. The molecule has 2 rings (SSSR count). The van der Waals surface area contributed by atoms with Crippen LogP contribution in [0.2, 0.25) is 0 Å². The second-order valence-electron chi connectivity index (χ2n) is 6.60. The van der Waals surface area contributed by atoms with Crippen LogP contribution in [0.5, 0.6) is 0 Å². The van der Waals surface area contributed by atoms with Gasteiger partial charge in [0.15, 0.2) is 0 Å². The summed E-state index contributed by atoms with van der Waals surface area (Å²) in [7, 11) is 0. The van der Waals surface area contributed by atoms with Crippen molar-refractivity contribution >= 4 is 23.2 Å². The zero-order valence-corrected chi connectivity index (χ0v) is 15.9. The maximum Gasteiger partial charge on any atom is 0.416 e. The van der Waals surface area contributed by atoms with Crippen LogP contribution in [0.1, 0.15) is 42.9 Å². The van der Waals surface area contributed by atoms with Crippen LogP contribution in [0.3, 0.4) is 0 Å². The summed E-state index contributed by atoms with van der Waals surface area (Å²) < 4.78 is 77.5. The molecular weight excluding hydrogens is 414 g/mol. The number of para-hydroxylation sites is 1. The number of carbonyl (C=O) groups excluding carboxylic acids is 2. The van der Waals surface area contributed by atoms with E-state index in [2.05, 4.69) is 5.32 Å². The number of carbonyl (C=O) groups is 2. The van der Waals surface area contributed by atoms with E-state index in [0.29, 0.717) is 17.8 Å². The third kappa shape index (κ3) is 5.74. The number of halogens is 6. The van der Waals surface area contributed by atoms with Crippen molar-refractivity contribution in [2.24, 2.45) is 0 Å². The predicted octanol–water partition coefficient (Wildman–Crippen LogP) is 5.81. The molecule has 0 aliphatic heterocycles. The van der Waals surface area contributed by atoms with E-state index >= 15 is 0 Å². The smallest absolute Gasteiger partial charge is 0.318 e. The van der Waals surface area contributed by atoms with Gasteiger partial charge in [0.25, 0.3) is 0 Å². The van der Waals surface area contributed by atoms with Crippen LogP contribution in [0.4, 0.5) is 37.7 Å². The van der Waals surface area contributed by atoms with Gasteiger partial charge in [-0.05, 0) is 42.2 Å². The fourth-order valence-corrected chi connectivity index (χ4v) is 2.65. The van der Waals surface area contributed by atoms with Crippen molar-refractivity contribution in [3.8, 4) is 0 Å². The SMILES string of the molecule is CCC(C)c1ccccc1NC(=O)C(=O)Nc1cc(C(F)(F)F)cc(C(F)(F)F)c1. The van der Waals surface area contributed by atoms with Crippen LogP contribution in [0.15, 0.2) is 42.5 Å². The van der Waals surface area contributed by atoms with E-state index in [1.165, 1.54) is 0 Å². The monoisotopic (exact) mass is 432 g/mol. The standard InChI is InChI=1S/C20H18F6N2O2/c1-3-11(2)15-6-4-5-7-16(15)28-18(30)17(29)27-14-9-12(19(21,22)23)8-13(10-14)20(24,25)26/h4-11H,3H2,1-2H3,(H,27,29)(H,28,30). The topological polar surface area (TPSA) is 58.2 Å². The van der Waals surface area contributed by atoms with E-state index in [4.69, 9.17) is 0 Å². The molecule has 2 aromatic rings. The van der Waals surface area contributed by atoms with Gasteiger partial charge in [-0.1, -0.05) is 32.0 Å². The van der Waals surface area contributed by atoms with E-state index < -0.39 is 41.0 Å². The number of alkyl halides is 6. The minimum atomic E-state index is -5.07. The van der Waals surface area contributed by atoms with Crippen molar-refractivity contribution in [2.45, 2.75) is 38.5 Å². The van der Waals surface area contributed by atoms with Gasteiger partial charge >= 0.3 is 24.2 Å². The summed E-state index contributed by atoms with van der Waals surface area (Å²) in [6, 6.07) is 7.21. The van der Waals surface area contributed by atoms with Gasteiger partial charge in [-0.3, -0.25) is 9.59 Å². The van der Waals surface area contributed by atoms with Crippen LogP contribution in [0, 0.1) is 0 Å². The highest BCUT2D eigenvalue weighted by Crippen LogP contribution is 2.37. The van der Waals surface area contributed by atoms with Crippen molar-refractivity contribution in [3.05, 3.63) is 59.2 Å². The molecule has 162 valence electrons. The van der Waals surface area contributed by atoms with E-state index in [9.17, 15) is 35.9 Å². The first kappa shape index (κ1) is 23.2. The minimum absolute atomic E-state index is 0.0439. The highest BCUT2D eigenvalue weighted by molar-refractivity contribution is 6.43. The zero-order valence-electron chi connectivity index (χ0n) is 15.9. The second kappa shape index (κ2) is 8.76. The van der Waals surface area contributed by atoms with Crippen LogP contribution in [0.25, 0.3) is 0 Å². The lowest BCUT2D eigenvalue weighted by molar-refractivity contribution is -0.143. The number of hydrogen-bond acceptors (Lipinski definition) is 2. The van der Waals surface area contributed by atoms with E-state index in [1.807, 2.05) is 13.8 Å². The summed E-state index contributed by atoms with van der Waals surface area (Å²) in [6.07, 6.45) is -9.40. The highest BCUT2D eigenvalue weighted by atomic mass is 19.4. The maximum atomic E-state index is 12.9. The molecule has 1 unspecified atom stereocenters. The van der Waals surface area contributed by atoms with Gasteiger partial charge in [0.1, 0.15) is 0 Å². The molecule has 0 fully saturated rings. The Labute approximate surface area is 168 Å². The molecule has 2 aromatic carbocycles. The normalized spacial score (nSPS) is 12.9. The lowest BCUT2D eigenvalue weighted by Crippen LogP contribution is -2.29.